The average Bonchev–Trinajstić information content (AvgIpc) is 2.56. The highest BCUT2D eigenvalue weighted by Gasteiger charge is 2.15. The fraction of sp³-hybridized carbons (Fsp3) is 0.111. The van der Waals surface area contributed by atoms with Gasteiger partial charge in [-0.3, -0.25) is 9.52 Å². The summed E-state index contributed by atoms with van der Waals surface area (Å²) in [7, 11) is -3.77. The van der Waals surface area contributed by atoms with Crippen molar-refractivity contribution in [1.82, 2.24) is 0 Å². The summed E-state index contributed by atoms with van der Waals surface area (Å²) in [4.78, 5) is 21.9. The molecule has 0 fully saturated rings. The SMILES string of the molecule is Cc1ccc(NS(=O)(=O)c2ccc(NC(=O)/C=C/C(=O)O)cc2)c(C)c1. The molecule has 0 aromatic heterocycles. The summed E-state index contributed by atoms with van der Waals surface area (Å²) in [6, 6.07) is 10.9. The zero-order chi connectivity index (χ0) is 19.3. The van der Waals surface area contributed by atoms with Crippen LogP contribution in [0.5, 0.6) is 0 Å². The van der Waals surface area contributed by atoms with E-state index in [0.29, 0.717) is 17.5 Å². The van der Waals surface area contributed by atoms with E-state index >= 15 is 0 Å². The molecule has 26 heavy (non-hydrogen) atoms. The predicted octanol–water partition coefficient (Wildman–Crippen LogP) is 2.68. The van der Waals surface area contributed by atoms with Gasteiger partial charge in [0.25, 0.3) is 10.0 Å². The Labute approximate surface area is 151 Å². The van der Waals surface area contributed by atoms with Gasteiger partial charge in [0.1, 0.15) is 0 Å². The van der Waals surface area contributed by atoms with Crippen molar-refractivity contribution in [2.45, 2.75) is 18.7 Å². The zero-order valence-corrected chi connectivity index (χ0v) is 15.0. The Hall–Kier alpha value is -3.13. The van der Waals surface area contributed by atoms with Gasteiger partial charge in [0, 0.05) is 17.8 Å². The van der Waals surface area contributed by atoms with Crippen LogP contribution in [0.15, 0.2) is 59.5 Å². The Morgan fingerprint density at radius 2 is 1.65 bits per heavy atom. The summed E-state index contributed by atoms with van der Waals surface area (Å²) < 4.78 is 27.5. The number of carboxylic acid groups (broad SMARTS) is 1. The smallest absolute Gasteiger partial charge is 0.328 e. The molecule has 0 saturated carbocycles. The normalized spacial score (nSPS) is 11.3. The number of benzene rings is 2. The van der Waals surface area contributed by atoms with Gasteiger partial charge < -0.3 is 10.4 Å². The highest BCUT2D eigenvalue weighted by Crippen LogP contribution is 2.21. The molecule has 0 unspecified atom stereocenters. The van der Waals surface area contributed by atoms with Crippen LogP contribution in [0, 0.1) is 13.8 Å². The van der Waals surface area contributed by atoms with Gasteiger partial charge in [0.15, 0.2) is 0 Å². The number of aliphatic carboxylic acids is 1. The molecule has 0 spiro atoms. The number of carboxylic acids is 1. The van der Waals surface area contributed by atoms with Crippen LogP contribution >= 0.6 is 0 Å². The Morgan fingerprint density at radius 3 is 2.23 bits per heavy atom. The maximum absolute atomic E-state index is 12.5. The molecular formula is C18H18N2O5S. The molecule has 0 aliphatic rings. The van der Waals surface area contributed by atoms with Crippen molar-refractivity contribution >= 4 is 33.3 Å². The maximum Gasteiger partial charge on any atom is 0.328 e. The summed E-state index contributed by atoms with van der Waals surface area (Å²) in [5.74, 6) is -1.87. The first-order valence-corrected chi connectivity index (χ1v) is 9.08. The molecule has 2 rings (SSSR count). The van der Waals surface area contributed by atoms with Crippen molar-refractivity contribution in [3.05, 3.63) is 65.7 Å². The van der Waals surface area contributed by atoms with Crippen LogP contribution in [-0.2, 0) is 19.6 Å². The molecule has 0 radical (unpaired) electrons. The Balaban J connectivity index is 2.13. The lowest BCUT2D eigenvalue weighted by Gasteiger charge is -2.11. The van der Waals surface area contributed by atoms with Gasteiger partial charge in [-0.05, 0) is 49.7 Å². The van der Waals surface area contributed by atoms with Crippen LogP contribution in [0.4, 0.5) is 11.4 Å². The van der Waals surface area contributed by atoms with E-state index < -0.39 is 21.9 Å². The van der Waals surface area contributed by atoms with Crippen molar-refractivity contribution in [3.8, 4) is 0 Å². The molecular weight excluding hydrogens is 356 g/mol. The zero-order valence-electron chi connectivity index (χ0n) is 14.2. The van der Waals surface area contributed by atoms with Gasteiger partial charge in [-0.15, -0.1) is 0 Å². The van der Waals surface area contributed by atoms with Gasteiger partial charge >= 0.3 is 5.97 Å². The third kappa shape index (κ3) is 5.18. The van der Waals surface area contributed by atoms with Crippen LogP contribution < -0.4 is 10.0 Å². The van der Waals surface area contributed by atoms with Crippen LogP contribution in [0.25, 0.3) is 0 Å². The number of nitrogens with one attached hydrogen (secondary N) is 2. The van der Waals surface area contributed by atoms with Crippen LogP contribution in [0.1, 0.15) is 11.1 Å². The molecule has 2 aromatic rings. The first-order chi connectivity index (χ1) is 12.2. The number of sulfonamides is 1. The van der Waals surface area contributed by atoms with Crippen molar-refractivity contribution in [1.29, 1.82) is 0 Å². The standard InChI is InChI=1S/C18H18N2O5S/c1-12-3-8-16(13(2)11-12)20-26(24,25)15-6-4-14(5-7-15)19-17(21)9-10-18(22)23/h3-11,20H,1-2H3,(H,19,21)(H,22,23)/b10-9+. The molecule has 1 amide bonds. The van der Waals surface area contributed by atoms with E-state index in [-0.39, 0.29) is 4.90 Å². The molecule has 0 saturated heterocycles. The number of amides is 1. The highest BCUT2D eigenvalue weighted by molar-refractivity contribution is 7.92. The van der Waals surface area contributed by atoms with E-state index in [9.17, 15) is 18.0 Å². The van der Waals surface area contributed by atoms with E-state index in [2.05, 4.69) is 10.0 Å². The minimum Gasteiger partial charge on any atom is -0.478 e. The van der Waals surface area contributed by atoms with Gasteiger partial charge in [0.2, 0.25) is 5.91 Å². The number of carbonyl (C=O) groups excluding carboxylic acids is 1. The van der Waals surface area contributed by atoms with E-state index in [1.54, 1.807) is 6.07 Å². The largest absolute Gasteiger partial charge is 0.478 e. The molecule has 2 aromatic carbocycles. The summed E-state index contributed by atoms with van der Waals surface area (Å²) >= 11 is 0. The lowest BCUT2D eigenvalue weighted by Crippen LogP contribution is -2.14. The van der Waals surface area contributed by atoms with Gasteiger partial charge in [-0.1, -0.05) is 17.7 Å². The summed E-state index contributed by atoms with van der Waals surface area (Å²) in [5.41, 5.74) is 2.67. The predicted molar refractivity (Wildman–Crippen MR) is 98.6 cm³/mol. The van der Waals surface area contributed by atoms with Gasteiger partial charge in [-0.2, -0.15) is 0 Å². The molecule has 0 heterocycles. The van der Waals surface area contributed by atoms with Crippen LogP contribution in [0.3, 0.4) is 0 Å². The Kier molecular flexibility index (Phi) is 5.78. The number of hydrogen-bond donors (Lipinski definition) is 3. The second kappa shape index (κ2) is 7.83. The van der Waals surface area contributed by atoms with Crippen LogP contribution in [-0.4, -0.2) is 25.4 Å². The van der Waals surface area contributed by atoms with E-state index in [1.807, 2.05) is 26.0 Å². The molecule has 136 valence electrons. The Morgan fingerprint density at radius 1 is 1.00 bits per heavy atom. The molecule has 0 aliphatic heterocycles. The number of aryl methyl sites for hydroxylation is 2. The molecule has 7 nitrogen and oxygen atoms in total. The Bertz CT molecular complexity index is 964. The van der Waals surface area contributed by atoms with E-state index in [0.717, 1.165) is 17.2 Å². The number of hydrogen-bond acceptors (Lipinski definition) is 4. The monoisotopic (exact) mass is 374 g/mol. The molecule has 3 N–H and O–H groups in total. The van der Waals surface area contributed by atoms with Gasteiger partial charge in [-0.25, -0.2) is 13.2 Å². The second-order valence-electron chi connectivity index (χ2n) is 5.61. The first-order valence-electron chi connectivity index (χ1n) is 7.59. The van der Waals surface area contributed by atoms with Crippen molar-refractivity contribution in [2.24, 2.45) is 0 Å². The van der Waals surface area contributed by atoms with E-state index in [1.165, 1.54) is 24.3 Å². The minimum atomic E-state index is -3.77. The molecule has 0 aliphatic carbocycles. The number of carbonyl (C=O) groups is 2. The quantitative estimate of drug-likeness (QED) is 0.673. The van der Waals surface area contributed by atoms with E-state index in [4.69, 9.17) is 5.11 Å². The minimum absolute atomic E-state index is 0.0385. The number of anilines is 2. The van der Waals surface area contributed by atoms with Crippen molar-refractivity contribution in [3.63, 3.8) is 0 Å². The van der Waals surface area contributed by atoms with Gasteiger partial charge in [0.05, 0.1) is 10.6 Å². The molecule has 0 atom stereocenters. The van der Waals surface area contributed by atoms with Crippen LogP contribution in [0.2, 0.25) is 0 Å². The summed E-state index contributed by atoms with van der Waals surface area (Å²) in [5, 5.41) is 10.9. The molecule has 0 bridgehead atoms. The fourth-order valence-electron chi connectivity index (χ4n) is 2.18. The number of rotatable bonds is 6. The third-order valence-electron chi connectivity index (χ3n) is 3.44. The third-order valence-corrected chi connectivity index (χ3v) is 4.82. The fourth-order valence-corrected chi connectivity index (χ4v) is 3.31. The second-order valence-corrected chi connectivity index (χ2v) is 7.29. The summed E-state index contributed by atoms with van der Waals surface area (Å²) in [6.07, 6.45) is 1.58. The topological polar surface area (TPSA) is 113 Å². The lowest BCUT2D eigenvalue weighted by atomic mass is 10.1. The molecule has 8 heteroatoms. The average molecular weight is 374 g/mol. The van der Waals surface area contributed by atoms with Crippen molar-refractivity contribution < 1.29 is 23.1 Å². The maximum atomic E-state index is 12.5. The van der Waals surface area contributed by atoms with Crippen molar-refractivity contribution in [2.75, 3.05) is 10.0 Å². The lowest BCUT2D eigenvalue weighted by molar-refractivity contribution is -0.131. The summed E-state index contributed by atoms with van der Waals surface area (Å²) in [6.45, 7) is 3.73. The first kappa shape index (κ1) is 19.2. The highest BCUT2D eigenvalue weighted by atomic mass is 32.2.